The number of benzene rings is 1. The molecule has 1 aromatic carbocycles. The van der Waals surface area contributed by atoms with Crippen LogP contribution in [0.3, 0.4) is 0 Å². The van der Waals surface area contributed by atoms with Crippen molar-refractivity contribution < 1.29 is 4.79 Å². The zero-order valence-electron chi connectivity index (χ0n) is 15.7. The number of carbonyl (C=O) groups excluding carboxylic acids is 1. The molecule has 24 heavy (non-hydrogen) atoms. The monoisotopic (exact) mass is 326 g/mol. The van der Waals surface area contributed by atoms with E-state index < -0.39 is 0 Å². The van der Waals surface area contributed by atoms with E-state index in [0.717, 1.165) is 17.9 Å². The van der Waals surface area contributed by atoms with Crippen LogP contribution in [0, 0.1) is 11.3 Å². The quantitative estimate of drug-likeness (QED) is 0.519. The first kappa shape index (κ1) is 17.7. The van der Waals surface area contributed by atoms with Gasteiger partial charge in [0.15, 0.2) is 5.78 Å². The molecule has 132 valence electrons. The van der Waals surface area contributed by atoms with Crippen LogP contribution in [0.5, 0.6) is 0 Å². The predicted molar refractivity (Wildman–Crippen MR) is 102 cm³/mol. The first-order chi connectivity index (χ1) is 11.7. The third-order valence-corrected chi connectivity index (χ3v) is 6.82. The van der Waals surface area contributed by atoms with E-state index in [2.05, 4.69) is 38.1 Å². The molecule has 3 atom stereocenters. The fraction of sp³-hybridized carbons (Fsp3) is 0.696. The Morgan fingerprint density at radius 3 is 2.46 bits per heavy atom. The molecule has 1 nitrogen and oxygen atoms in total. The lowest BCUT2D eigenvalue weighted by molar-refractivity contribution is 0.0114. The SMILES string of the molecule is CCCC(=O)c1ccc(C2CCC[C@H]3CCCC[C@]23CCC)cc1. The Labute approximate surface area is 148 Å². The Morgan fingerprint density at radius 1 is 1.00 bits per heavy atom. The van der Waals surface area contributed by atoms with Crippen molar-refractivity contribution in [1.29, 1.82) is 0 Å². The van der Waals surface area contributed by atoms with Crippen LogP contribution in [0.25, 0.3) is 0 Å². The maximum absolute atomic E-state index is 12.1. The Kier molecular flexibility index (Phi) is 5.79. The highest BCUT2D eigenvalue weighted by Crippen LogP contribution is 2.59. The van der Waals surface area contributed by atoms with E-state index in [1.54, 1.807) is 0 Å². The largest absolute Gasteiger partial charge is 0.294 e. The highest BCUT2D eigenvalue weighted by atomic mass is 16.1. The van der Waals surface area contributed by atoms with Gasteiger partial charge in [0.25, 0.3) is 0 Å². The van der Waals surface area contributed by atoms with Crippen molar-refractivity contribution in [2.24, 2.45) is 11.3 Å². The molecule has 0 N–H and O–H groups in total. The van der Waals surface area contributed by atoms with Gasteiger partial charge >= 0.3 is 0 Å². The Hall–Kier alpha value is -1.11. The molecule has 2 saturated carbocycles. The molecule has 3 rings (SSSR count). The van der Waals surface area contributed by atoms with Crippen LogP contribution < -0.4 is 0 Å². The zero-order chi connectivity index (χ0) is 17.0. The number of Topliss-reactive ketones (excluding diaryl/α,β-unsaturated/α-hetero) is 1. The van der Waals surface area contributed by atoms with Gasteiger partial charge in [0.1, 0.15) is 0 Å². The summed E-state index contributed by atoms with van der Waals surface area (Å²) in [6.07, 6.45) is 14.2. The Bertz CT molecular complexity index is 538. The van der Waals surface area contributed by atoms with Gasteiger partial charge in [-0.3, -0.25) is 4.79 Å². The highest BCUT2D eigenvalue weighted by molar-refractivity contribution is 5.96. The van der Waals surface area contributed by atoms with Gasteiger partial charge in [-0.05, 0) is 61.3 Å². The average Bonchev–Trinajstić information content (AvgIpc) is 2.61. The molecule has 2 aliphatic carbocycles. The minimum Gasteiger partial charge on any atom is -0.294 e. The van der Waals surface area contributed by atoms with Gasteiger partial charge < -0.3 is 0 Å². The molecular weight excluding hydrogens is 292 g/mol. The molecule has 0 bridgehead atoms. The van der Waals surface area contributed by atoms with Crippen LogP contribution in [0.4, 0.5) is 0 Å². The van der Waals surface area contributed by atoms with Crippen molar-refractivity contribution in [3.8, 4) is 0 Å². The van der Waals surface area contributed by atoms with Crippen molar-refractivity contribution in [2.75, 3.05) is 0 Å². The molecule has 1 aromatic rings. The van der Waals surface area contributed by atoms with Crippen LogP contribution in [-0.2, 0) is 0 Å². The van der Waals surface area contributed by atoms with Crippen molar-refractivity contribution in [1.82, 2.24) is 0 Å². The molecule has 0 radical (unpaired) electrons. The minimum absolute atomic E-state index is 0.298. The fourth-order valence-electron chi connectivity index (χ4n) is 5.82. The fourth-order valence-corrected chi connectivity index (χ4v) is 5.82. The Balaban J connectivity index is 1.86. The number of rotatable bonds is 6. The number of fused-ring (bicyclic) bond motifs is 1. The minimum atomic E-state index is 0.298. The van der Waals surface area contributed by atoms with Gasteiger partial charge in [-0.1, -0.05) is 63.8 Å². The molecule has 0 heterocycles. The summed E-state index contributed by atoms with van der Waals surface area (Å²) in [6, 6.07) is 8.75. The van der Waals surface area contributed by atoms with Crippen LogP contribution in [0.15, 0.2) is 24.3 Å². The molecular formula is C23H34O. The van der Waals surface area contributed by atoms with Crippen LogP contribution in [0.1, 0.15) is 106 Å². The number of carbonyl (C=O) groups is 1. The van der Waals surface area contributed by atoms with E-state index in [9.17, 15) is 4.79 Å². The van der Waals surface area contributed by atoms with Crippen LogP contribution in [-0.4, -0.2) is 5.78 Å². The van der Waals surface area contributed by atoms with Gasteiger partial charge in [0, 0.05) is 12.0 Å². The first-order valence-electron chi connectivity index (χ1n) is 10.3. The predicted octanol–water partition coefficient (Wildman–Crippen LogP) is 6.91. The second-order valence-electron chi connectivity index (χ2n) is 8.20. The molecule has 0 aromatic heterocycles. The first-order valence-corrected chi connectivity index (χ1v) is 10.3. The average molecular weight is 327 g/mol. The molecule has 1 unspecified atom stereocenters. The summed E-state index contributed by atoms with van der Waals surface area (Å²) in [5.74, 6) is 1.95. The lowest BCUT2D eigenvalue weighted by atomic mass is 9.51. The molecule has 0 amide bonds. The number of hydrogen-bond acceptors (Lipinski definition) is 1. The van der Waals surface area contributed by atoms with E-state index in [1.807, 2.05) is 0 Å². The highest BCUT2D eigenvalue weighted by Gasteiger charge is 2.47. The van der Waals surface area contributed by atoms with Gasteiger partial charge in [-0.15, -0.1) is 0 Å². The smallest absolute Gasteiger partial charge is 0.162 e. The molecule has 2 fully saturated rings. The van der Waals surface area contributed by atoms with Gasteiger partial charge in [0.2, 0.25) is 0 Å². The van der Waals surface area contributed by atoms with E-state index in [4.69, 9.17) is 0 Å². The van der Waals surface area contributed by atoms with Crippen molar-refractivity contribution in [2.45, 2.75) is 90.4 Å². The maximum Gasteiger partial charge on any atom is 0.162 e. The van der Waals surface area contributed by atoms with E-state index >= 15 is 0 Å². The standard InChI is InChI=1S/C23H34O/c1-3-8-22(24)19-14-12-18(13-15-19)21-11-7-10-20-9-5-6-17-23(20,21)16-4-2/h12-15,20-21H,3-11,16-17H2,1-2H3/t20-,21?,23+/m1/s1. The van der Waals surface area contributed by atoms with Gasteiger partial charge in [-0.25, -0.2) is 0 Å². The summed E-state index contributed by atoms with van der Waals surface area (Å²) < 4.78 is 0. The number of ketones is 1. The summed E-state index contributed by atoms with van der Waals surface area (Å²) in [5.41, 5.74) is 2.95. The van der Waals surface area contributed by atoms with Crippen molar-refractivity contribution in [3.63, 3.8) is 0 Å². The van der Waals surface area contributed by atoms with Crippen molar-refractivity contribution >= 4 is 5.78 Å². The zero-order valence-corrected chi connectivity index (χ0v) is 15.7. The molecule has 1 heteroatoms. The summed E-state index contributed by atoms with van der Waals surface area (Å²) >= 11 is 0. The van der Waals surface area contributed by atoms with Gasteiger partial charge in [-0.2, -0.15) is 0 Å². The summed E-state index contributed by atoms with van der Waals surface area (Å²) in [5, 5.41) is 0. The van der Waals surface area contributed by atoms with E-state index in [1.165, 1.54) is 63.4 Å². The van der Waals surface area contributed by atoms with Crippen LogP contribution in [0.2, 0.25) is 0 Å². The summed E-state index contributed by atoms with van der Waals surface area (Å²) in [4.78, 5) is 12.1. The Morgan fingerprint density at radius 2 is 1.75 bits per heavy atom. The van der Waals surface area contributed by atoms with Gasteiger partial charge in [0.05, 0.1) is 0 Å². The maximum atomic E-state index is 12.1. The topological polar surface area (TPSA) is 17.1 Å². The van der Waals surface area contributed by atoms with Crippen molar-refractivity contribution in [3.05, 3.63) is 35.4 Å². The molecule has 0 spiro atoms. The second-order valence-corrected chi connectivity index (χ2v) is 8.20. The van der Waals surface area contributed by atoms with E-state index in [-0.39, 0.29) is 0 Å². The lowest BCUT2D eigenvalue weighted by Crippen LogP contribution is -2.42. The normalized spacial score (nSPS) is 29.9. The summed E-state index contributed by atoms with van der Waals surface area (Å²) in [6.45, 7) is 4.44. The molecule has 0 saturated heterocycles. The number of hydrogen-bond donors (Lipinski definition) is 0. The molecule has 0 aliphatic heterocycles. The van der Waals surface area contributed by atoms with E-state index in [0.29, 0.717) is 23.5 Å². The molecule has 2 aliphatic rings. The second kappa shape index (κ2) is 7.85. The third kappa shape index (κ3) is 3.32. The summed E-state index contributed by atoms with van der Waals surface area (Å²) in [7, 11) is 0. The van der Waals surface area contributed by atoms with Crippen LogP contribution >= 0.6 is 0 Å². The lowest BCUT2D eigenvalue weighted by Gasteiger charge is -2.53. The third-order valence-electron chi connectivity index (χ3n) is 6.82.